The van der Waals surface area contributed by atoms with Crippen LogP contribution in [0, 0.1) is 34.9 Å². The van der Waals surface area contributed by atoms with Crippen molar-refractivity contribution in [1.82, 2.24) is 10.6 Å². The Morgan fingerprint density at radius 1 is 1.03 bits per heavy atom. The Balaban J connectivity index is 1.43. The number of fused-ring (bicyclic) bond motifs is 1. The van der Waals surface area contributed by atoms with E-state index in [-0.39, 0.29) is 58.8 Å². The molecular weight excluding hydrogens is 431 g/mol. The van der Waals surface area contributed by atoms with E-state index in [9.17, 15) is 19.1 Å². The summed E-state index contributed by atoms with van der Waals surface area (Å²) in [6.45, 7) is 6.35. The van der Waals surface area contributed by atoms with E-state index in [1.54, 1.807) is 0 Å². The number of nitrogens with one attached hydrogen (secondary N) is 2. The standard InChI is InChI=1S/C28H41FN2O3/c1-17(26(33)30-21-7-5-4-6-8-21)22-13-15-28(3)16-14-23(18(2)24(28)25(22)32)31-27(34)19-9-11-20(29)12-10-19/h9-12,17-18,21-25,32H,4-8,13-16H2,1-3H3,(H,30,33)(H,31,34)/t17-,18-,22+,23-,24+,25-,28+/m0/s1. The average molecular weight is 473 g/mol. The quantitative estimate of drug-likeness (QED) is 0.574. The van der Waals surface area contributed by atoms with Crippen LogP contribution in [-0.2, 0) is 4.79 Å². The normalized spacial score (nSPS) is 35.1. The van der Waals surface area contributed by atoms with Crippen LogP contribution in [-0.4, -0.2) is 35.1 Å². The zero-order valence-corrected chi connectivity index (χ0v) is 20.9. The fourth-order valence-corrected chi connectivity index (χ4v) is 7.12. The number of carbonyl (C=O) groups excluding carboxylic acids is 2. The van der Waals surface area contributed by atoms with Gasteiger partial charge < -0.3 is 15.7 Å². The van der Waals surface area contributed by atoms with Crippen molar-refractivity contribution >= 4 is 11.8 Å². The van der Waals surface area contributed by atoms with Crippen LogP contribution in [0.1, 0.15) is 88.9 Å². The number of amides is 2. The van der Waals surface area contributed by atoms with E-state index < -0.39 is 6.10 Å². The van der Waals surface area contributed by atoms with Crippen LogP contribution in [0.15, 0.2) is 24.3 Å². The first-order chi connectivity index (χ1) is 16.2. The molecule has 3 fully saturated rings. The summed E-state index contributed by atoms with van der Waals surface area (Å²) in [4.78, 5) is 25.9. The highest BCUT2D eigenvalue weighted by molar-refractivity contribution is 5.94. The highest BCUT2D eigenvalue weighted by Crippen LogP contribution is 2.55. The molecule has 34 heavy (non-hydrogen) atoms. The van der Waals surface area contributed by atoms with Crippen LogP contribution in [0.25, 0.3) is 0 Å². The van der Waals surface area contributed by atoms with E-state index in [2.05, 4.69) is 24.5 Å². The summed E-state index contributed by atoms with van der Waals surface area (Å²) in [5.41, 5.74) is 0.448. The van der Waals surface area contributed by atoms with Gasteiger partial charge in [0.15, 0.2) is 0 Å². The molecule has 1 aromatic carbocycles. The number of carbonyl (C=O) groups is 2. The van der Waals surface area contributed by atoms with Gasteiger partial charge >= 0.3 is 0 Å². The smallest absolute Gasteiger partial charge is 0.251 e. The van der Waals surface area contributed by atoms with Crippen molar-refractivity contribution in [2.75, 3.05) is 0 Å². The summed E-state index contributed by atoms with van der Waals surface area (Å²) in [5, 5.41) is 18.0. The van der Waals surface area contributed by atoms with Gasteiger partial charge in [0, 0.05) is 23.6 Å². The van der Waals surface area contributed by atoms with Gasteiger partial charge in [0.2, 0.25) is 5.91 Å². The number of aliphatic hydroxyl groups excluding tert-OH is 1. The topological polar surface area (TPSA) is 78.4 Å². The number of hydrogen-bond donors (Lipinski definition) is 3. The first-order valence-electron chi connectivity index (χ1n) is 13.2. The average Bonchev–Trinajstić information content (AvgIpc) is 2.81. The molecule has 7 atom stereocenters. The van der Waals surface area contributed by atoms with E-state index in [0.717, 1.165) is 38.5 Å². The Labute approximate surface area is 203 Å². The Morgan fingerprint density at radius 2 is 1.68 bits per heavy atom. The number of hydrogen-bond acceptors (Lipinski definition) is 3. The molecule has 0 spiro atoms. The van der Waals surface area contributed by atoms with Gasteiger partial charge in [-0.1, -0.05) is 40.0 Å². The molecule has 5 nitrogen and oxygen atoms in total. The minimum absolute atomic E-state index is 0.00595. The first-order valence-corrected chi connectivity index (χ1v) is 13.2. The van der Waals surface area contributed by atoms with Gasteiger partial charge in [0.1, 0.15) is 5.82 Å². The van der Waals surface area contributed by atoms with Gasteiger partial charge in [-0.15, -0.1) is 0 Å². The van der Waals surface area contributed by atoms with Crippen molar-refractivity contribution in [3.8, 4) is 0 Å². The van der Waals surface area contributed by atoms with Gasteiger partial charge in [-0.25, -0.2) is 4.39 Å². The minimum Gasteiger partial charge on any atom is -0.392 e. The second kappa shape index (κ2) is 10.3. The molecule has 3 aliphatic carbocycles. The molecule has 0 radical (unpaired) electrons. The molecule has 2 amide bonds. The van der Waals surface area contributed by atoms with Crippen LogP contribution < -0.4 is 10.6 Å². The number of halogens is 1. The van der Waals surface area contributed by atoms with Crippen molar-refractivity contribution in [2.45, 2.75) is 96.7 Å². The molecule has 188 valence electrons. The zero-order valence-electron chi connectivity index (χ0n) is 20.9. The van der Waals surface area contributed by atoms with Gasteiger partial charge in [0.25, 0.3) is 5.91 Å². The molecule has 1 aromatic rings. The lowest BCUT2D eigenvalue weighted by Gasteiger charge is -2.56. The first kappa shape index (κ1) is 25.2. The second-order valence-electron chi connectivity index (χ2n) is 11.5. The fraction of sp³-hybridized carbons (Fsp3) is 0.714. The summed E-state index contributed by atoms with van der Waals surface area (Å²) in [7, 11) is 0. The maximum absolute atomic E-state index is 13.2. The highest BCUT2D eigenvalue weighted by Gasteiger charge is 2.54. The van der Waals surface area contributed by atoms with Crippen molar-refractivity contribution in [3.63, 3.8) is 0 Å². The molecular formula is C28H41FN2O3. The predicted molar refractivity (Wildman–Crippen MR) is 131 cm³/mol. The molecule has 0 saturated heterocycles. The number of benzene rings is 1. The molecule has 3 saturated carbocycles. The maximum atomic E-state index is 13.2. The Bertz CT molecular complexity index is 869. The van der Waals surface area contributed by atoms with Gasteiger partial charge in [-0.05, 0) is 86.0 Å². The van der Waals surface area contributed by atoms with Crippen LogP contribution >= 0.6 is 0 Å². The summed E-state index contributed by atoms with van der Waals surface area (Å²) in [6, 6.07) is 5.81. The number of rotatable bonds is 5. The number of aliphatic hydroxyl groups is 1. The van der Waals surface area contributed by atoms with Crippen LogP contribution in [0.3, 0.4) is 0 Å². The highest BCUT2D eigenvalue weighted by atomic mass is 19.1. The summed E-state index contributed by atoms with van der Waals surface area (Å²) < 4.78 is 13.2. The van der Waals surface area contributed by atoms with Crippen LogP contribution in [0.2, 0.25) is 0 Å². The molecule has 0 bridgehead atoms. The molecule has 4 rings (SSSR count). The minimum atomic E-state index is -0.577. The molecule has 3 aliphatic rings. The Morgan fingerprint density at radius 3 is 2.35 bits per heavy atom. The molecule has 0 aliphatic heterocycles. The zero-order chi connectivity index (χ0) is 24.5. The lowest BCUT2D eigenvalue weighted by atomic mass is 9.51. The third-order valence-corrected chi connectivity index (χ3v) is 9.32. The molecule has 0 aromatic heterocycles. The largest absolute Gasteiger partial charge is 0.392 e. The molecule has 6 heteroatoms. The molecule has 0 heterocycles. The lowest BCUT2D eigenvalue weighted by molar-refractivity contribution is -0.142. The Kier molecular flexibility index (Phi) is 7.66. The van der Waals surface area contributed by atoms with Gasteiger partial charge in [0.05, 0.1) is 6.10 Å². The second-order valence-corrected chi connectivity index (χ2v) is 11.5. The monoisotopic (exact) mass is 472 g/mol. The Hall–Kier alpha value is -1.95. The van der Waals surface area contributed by atoms with Crippen LogP contribution in [0.5, 0.6) is 0 Å². The molecule has 3 N–H and O–H groups in total. The van der Waals surface area contributed by atoms with Crippen molar-refractivity contribution in [3.05, 3.63) is 35.6 Å². The SMILES string of the molecule is C[C@@H]1[C@@H]2[C@@H](O)[C@@H]([C@H](C)C(=O)NC3CCCCC3)CC[C@]2(C)CC[C@@H]1NC(=O)c1ccc(F)cc1. The van der Waals surface area contributed by atoms with E-state index >= 15 is 0 Å². The lowest BCUT2D eigenvalue weighted by Crippen LogP contribution is -2.58. The van der Waals surface area contributed by atoms with Crippen molar-refractivity contribution < 1.29 is 19.1 Å². The van der Waals surface area contributed by atoms with Crippen LogP contribution in [0.4, 0.5) is 4.39 Å². The van der Waals surface area contributed by atoms with Gasteiger partial charge in [-0.2, -0.15) is 0 Å². The van der Waals surface area contributed by atoms with E-state index in [4.69, 9.17) is 0 Å². The fourth-order valence-electron chi connectivity index (χ4n) is 7.12. The summed E-state index contributed by atoms with van der Waals surface area (Å²) in [5.74, 6) is -0.709. The summed E-state index contributed by atoms with van der Waals surface area (Å²) in [6.07, 6.45) is 8.77. The van der Waals surface area contributed by atoms with E-state index in [0.29, 0.717) is 5.56 Å². The third-order valence-electron chi connectivity index (χ3n) is 9.32. The predicted octanol–water partition coefficient (Wildman–Crippen LogP) is 4.83. The van der Waals surface area contributed by atoms with E-state index in [1.165, 1.54) is 43.5 Å². The summed E-state index contributed by atoms with van der Waals surface area (Å²) >= 11 is 0. The third kappa shape index (κ3) is 5.17. The maximum Gasteiger partial charge on any atom is 0.251 e. The van der Waals surface area contributed by atoms with Crippen molar-refractivity contribution in [1.29, 1.82) is 0 Å². The molecule has 0 unspecified atom stereocenters. The van der Waals surface area contributed by atoms with Gasteiger partial charge in [-0.3, -0.25) is 9.59 Å². The van der Waals surface area contributed by atoms with E-state index in [1.807, 2.05) is 6.92 Å². The van der Waals surface area contributed by atoms with Crippen molar-refractivity contribution in [2.24, 2.45) is 29.1 Å².